The monoisotopic (exact) mass is 242 g/mol. The highest BCUT2D eigenvalue weighted by Crippen LogP contribution is 2.58. The molecule has 0 aromatic heterocycles. The summed E-state index contributed by atoms with van der Waals surface area (Å²) in [5, 5.41) is 10.4. The maximum atomic E-state index is 12.9. The fourth-order valence-electron chi connectivity index (χ4n) is 4.55. The van der Waals surface area contributed by atoms with Crippen molar-refractivity contribution in [2.75, 3.05) is 0 Å². The Hall–Kier alpha value is -0.640. The average molecular weight is 242 g/mol. The number of halogens is 1. The van der Waals surface area contributed by atoms with Gasteiger partial charge >= 0.3 is 5.97 Å². The van der Waals surface area contributed by atoms with E-state index in [2.05, 4.69) is 0 Å². The lowest BCUT2D eigenvalue weighted by molar-refractivity contribution is -0.222. The van der Waals surface area contributed by atoms with Crippen molar-refractivity contribution >= 4 is 5.97 Å². The van der Waals surface area contributed by atoms with E-state index in [-0.39, 0.29) is 0 Å². The van der Waals surface area contributed by atoms with Gasteiger partial charge in [-0.25, -0.2) is 9.18 Å². The van der Waals surface area contributed by atoms with Gasteiger partial charge in [0.25, 0.3) is 0 Å². The van der Waals surface area contributed by atoms with Crippen molar-refractivity contribution in [3.63, 3.8) is 0 Å². The van der Waals surface area contributed by atoms with Gasteiger partial charge in [-0.3, -0.25) is 0 Å². The molecule has 0 aromatic carbocycles. The number of rotatable bonds is 2. The molecular formula is C13H19FO3. The Morgan fingerprint density at radius 2 is 1.94 bits per heavy atom. The van der Waals surface area contributed by atoms with Crippen LogP contribution in [0.2, 0.25) is 0 Å². The van der Waals surface area contributed by atoms with Crippen LogP contribution in [-0.2, 0) is 9.53 Å². The van der Waals surface area contributed by atoms with Gasteiger partial charge in [0.1, 0.15) is 5.60 Å². The predicted octanol–water partition coefficient (Wildman–Crippen LogP) is 1.97. The predicted molar refractivity (Wildman–Crippen MR) is 59.0 cm³/mol. The fraction of sp³-hybridized carbons (Fsp3) is 0.923. The van der Waals surface area contributed by atoms with Crippen LogP contribution in [0.15, 0.2) is 0 Å². The highest BCUT2D eigenvalue weighted by molar-refractivity contribution is 5.74. The highest BCUT2D eigenvalue weighted by atomic mass is 19.1. The highest BCUT2D eigenvalue weighted by Gasteiger charge is 2.59. The van der Waals surface area contributed by atoms with Crippen LogP contribution < -0.4 is 0 Å². The summed E-state index contributed by atoms with van der Waals surface area (Å²) in [6.07, 6.45) is 3.34. The molecule has 96 valence electrons. The minimum absolute atomic E-state index is 0.448. The molecule has 3 nitrogen and oxygen atoms in total. The lowest BCUT2D eigenvalue weighted by atomic mass is 9.52. The third kappa shape index (κ3) is 1.86. The second-order valence-corrected chi connectivity index (χ2v) is 6.41. The lowest BCUT2D eigenvalue weighted by Crippen LogP contribution is -2.60. The van der Waals surface area contributed by atoms with E-state index in [4.69, 9.17) is 4.74 Å². The van der Waals surface area contributed by atoms with Crippen molar-refractivity contribution in [2.45, 2.75) is 62.8 Å². The SMILES string of the molecule is CC(F)C(=O)OC12CC3CC(CC(O)(C3)C1)C2. The summed E-state index contributed by atoms with van der Waals surface area (Å²) in [4.78, 5) is 11.5. The van der Waals surface area contributed by atoms with Gasteiger partial charge in [0.05, 0.1) is 5.60 Å². The molecule has 0 saturated heterocycles. The first-order chi connectivity index (χ1) is 7.90. The van der Waals surface area contributed by atoms with Crippen LogP contribution in [0.5, 0.6) is 0 Å². The van der Waals surface area contributed by atoms with Crippen LogP contribution >= 0.6 is 0 Å². The summed E-state index contributed by atoms with van der Waals surface area (Å²) < 4.78 is 18.3. The molecular weight excluding hydrogens is 223 g/mol. The van der Waals surface area contributed by atoms with E-state index < -0.39 is 23.3 Å². The largest absolute Gasteiger partial charge is 0.457 e. The van der Waals surface area contributed by atoms with Crippen LogP contribution in [0.1, 0.15) is 45.4 Å². The van der Waals surface area contributed by atoms with Crippen LogP contribution in [0.3, 0.4) is 0 Å². The van der Waals surface area contributed by atoms with E-state index in [1.165, 1.54) is 6.92 Å². The van der Waals surface area contributed by atoms with Gasteiger partial charge in [0, 0.05) is 6.42 Å². The first kappa shape index (κ1) is 11.5. The third-order valence-electron chi connectivity index (χ3n) is 4.62. The number of esters is 1. The zero-order valence-corrected chi connectivity index (χ0v) is 10.1. The quantitative estimate of drug-likeness (QED) is 0.753. The van der Waals surface area contributed by atoms with Crippen molar-refractivity contribution in [1.29, 1.82) is 0 Å². The Bertz CT molecular complexity index is 339. The van der Waals surface area contributed by atoms with E-state index in [1.807, 2.05) is 0 Å². The number of hydrogen-bond acceptors (Lipinski definition) is 3. The molecule has 4 fully saturated rings. The summed E-state index contributed by atoms with van der Waals surface area (Å²) in [6.45, 7) is 1.21. The van der Waals surface area contributed by atoms with E-state index in [1.54, 1.807) is 0 Å². The van der Waals surface area contributed by atoms with Crippen molar-refractivity contribution < 1.29 is 19.0 Å². The van der Waals surface area contributed by atoms with Crippen molar-refractivity contribution in [1.82, 2.24) is 0 Å². The molecule has 0 spiro atoms. The summed E-state index contributed by atoms with van der Waals surface area (Å²) in [5.74, 6) is 0.128. The molecule has 3 atom stereocenters. The van der Waals surface area contributed by atoms with Crippen LogP contribution in [0.25, 0.3) is 0 Å². The third-order valence-corrected chi connectivity index (χ3v) is 4.62. The molecule has 0 aliphatic heterocycles. The molecule has 0 heterocycles. The first-order valence-electron chi connectivity index (χ1n) is 6.49. The molecule has 4 aliphatic carbocycles. The summed E-state index contributed by atoms with van der Waals surface area (Å²) in [5.41, 5.74) is -1.24. The Balaban J connectivity index is 1.81. The van der Waals surface area contributed by atoms with Gasteiger partial charge in [-0.2, -0.15) is 0 Å². The zero-order valence-electron chi connectivity index (χ0n) is 10.1. The second-order valence-electron chi connectivity index (χ2n) is 6.41. The van der Waals surface area contributed by atoms with E-state index in [0.29, 0.717) is 18.3 Å². The van der Waals surface area contributed by atoms with Gasteiger partial charge in [-0.1, -0.05) is 0 Å². The smallest absolute Gasteiger partial charge is 0.340 e. The summed E-state index contributed by atoms with van der Waals surface area (Å²) in [6, 6.07) is 0. The van der Waals surface area contributed by atoms with Crippen molar-refractivity contribution in [2.24, 2.45) is 11.8 Å². The topological polar surface area (TPSA) is 46.5 Å². The molecule has 17 heavy (non-hydrogen) atoms. The Labute approximate surface area is 100 Å². The van der Waals surface area contributed by atoms with Gasteiger partial charge in [-0.05, 0) is 50.9 Å². The van der Waals surface area contributed by atoms with Crippen molar-refractivity contribution in [3.8, 4) is 0 Å². The van der Waals surface area contributed by atoms with E-state index in [9.17, 15) is 14.3 Å². The van der Waals surface area contributed by atoms with Gasteiger partial charge < -0.3 is 9.84 Å². The molecule has 4 rings (SSSR count). The molecule has 4 saturated carbocycles. The van der Waals surface area contributed by atoms with E-state index in [0.717, 1.165) is 32.1 Å². The molecule has 4 heteroatoms. The molecule has 3 unspecified atom stereocenters. The molecule has 4 bridgehead atoms. The normalized spacial score (nSPS) is 49.1. The van der Waals surface area contributed by atoms with Gasteiger partial charge in [0.15, 0.2) is 6.17 Å². The minimum Gasteiger partial charge on any atom is -0.457 e. The van der Waals surface area contributed by atoms with Crippen LogP contribution in [-0.4, -0.2) is 28.4 Å². The maximum Gasteiger partial charge on any atom is 0.340 e. The second kappa shape index (κ2) is 3.44. The Morgan fingerprint density at radius 3 is 2.41 bits per heavy atom. The molecule has 4 aliphatic rings. The minimum atomic E-state index is -1.57. The van der Waals surface area contributed by atoms with Crippen LogP contribution in [0.4, 0.5) is 4.39 Å². The maximum absolute atomic E-state index is 12.9. The van der Waals surface area contributed by atoms with E-state index >= 15 is 0 Å². The number of carbonyl (C=O) groups excluding carboxylic acids is 1. The van der Waals surface area contributed by atoms with Crippen molar-refractivity contribution in [3.05, 3.63) is 0 Å². The number of ether oxygens (including phenoxy) is 1. The van der Waals surface area contributed by atoms with Gasteiger partial charge in [-0.15, -0.1) is 0 Å². The summed E-state index contributed by atoms with van der Waals surface area (Å²) in [7, 11) is 0. The molecule has 0 radical (unpaired) electrons. The summed E-state index contributed by atoms with van der Waals surface area (Å²) >= 11 is 0. The first-order valence-corrected chi connectivity index (χ1v) is 6.49. The molecule has 0 aromatic rings. The van der Waals surface area contributed by atoms with Crippen LogP contribution in [0, 0.1) is 11.8 Å². The Kier molecular flexibility index (Phi) is 2.31. The van der Waals surface area contributed by atoms with Gasteiger partial charge in [0.2, 0.25) is 0 Å². The zero-order chi connectivity index (χ0) is 12.3. The number of carbonyl (C=O) groups is 1. The fourth-order valence-corrected chi connectivity index (χ4v) is 4.55. The standard InChI is InChI=1S/C13H19FO3/c1-8(14)11(15)17-13-5-9-2-10(6-13)4-12(16,3-9)7-13/h8-10,16H,2-7H2,1H3. The number of alkyl halides is 1. The molecule has 1 N–H and O–H groups in total. The molecule has 0 amide bonds. The number of hydrogen-bond donors (Lipinski definition) is 1. The lowest BCUT2D eigenvalue weighted by Gasteiger charge is -2.59. The Morgan fingerprint density at radius 1 is 1.35 bits per heavy atom. The average Bonchev–Trinajstić information content (AvgIpc) is 2.11. The number of aliphatic hydroxyl groups is 1.